The first-order valence-electron chi connectivity index (χ1n) is 7.46. The van der Waals surface area contributed by atoms with Crippen LogP contribution in [0, 0.1) is 5.92 Å². The van der Waals surface area contributed by atoms with E-state index in [-0.39, 0.29) is 25.1 Å². The Hall–Kier alpha value is -1.34. The van der Waals surface area contributed by atoms with E-state index in [1.165, 1.54) is 4.90 Å². The molecular weight excluding hydrogens is 272 g/mol. The number of carbonyl (C=O) groups is 2. The number of rotatable bonds is 6. The largest absolute Gasteiger partial charge is 0.395 e. The summed E-state index contributed by atoms with van der Waals surface area (Å²) in [5.74, 6) is 0.355. The number of likely N-dealkylation sites (tertiary alicyclic amines) is 1. The molecular formula is C14H28N4O3. The number of nitrogens with zero attached hydrogens (tertiary/aromatic N) is 3. The predicted molar refractivity (Wildman–Crippen MR) is 81.0 cm³/mol. The van der Waals surface area contributed by atoms with E-state index in [0.717, 1.165) is 25.9 Å². The average molecular weight is 300 g/mol. The van der Waals surface area contributed by atoms with Crippen molar-refractivity contribution in [2.24, 2.45) is 5.92 Å². The highest BCUT2D eigenvalue weighted by atomic mass is 16.3. The van der Waals surface area contributed by atoms with Crippen LogP contribution in [-0.4, -0.2) is 92.2 Å². The molecule has 1 aliphatic rings. The molecule has 0 aliphatic carbocycles. The summed E-state index contributed by atoms with van der Waals surface area (Å²) in [4.78, 5) is 28.7. The second-order valence-corrected chi connectivity index (χ2v) is 5.86. The second kappa shape index (κ2) is 8.84. The molecule has 7 nitrogen and oxygen atoms in total. The van der Waals surface area contributed by atoms with Crippen LogP contribution < -0.4 is 5.32 Å². The van der Waals surface area contributed by atoms with Crippen molar-refractivity contribution in [2.45, 2.75) is 12.8 Å². The summed E-state index contributed by atoms with van der Waals surface area (Å²) in [6.07, 6.45) is 2.20. The Morgan fingerprint density at radius 1 is 1.33 bits per heavy atom. The first-order valence-corrected chi connectivity index (χ1v) is 7.46. The number of hydrogen-bond donors (Lipinski definition) is 2. The molecule has 0 saturated carbocycles. The van der Waals surface area contributed by atoms with Crippen molar-refractivity contribution in [1.29, 1.82) is 0 Å². The third kappa shape index (κ3) is 6.31. The summed E-state index contributed by atoms with van der Waals surface area (Å²) in [6, 6.07) is -0.261. The zero-order valence-electron chi connectivity index (χ0n) is 13.3. The van der Waals surface area contributed by atoms with Gasteiger partial charge in [-0.3, -0.25) is 4.79 Å². The molecule has 0 aromatic heterocycles. The highest BCUT2D eigenvalue weighted by Gasteiger charge is 2.22. The lowest BCUT2D eigenvalue weighted by atomic mass is 9.97. The van der Waals surface area contributed by atoms with Crippen LogP contribution in [-0.2, 0) is 4.79 Å². The van der Waals surface area contributed by atoms with E-state index in [4.69, 9.17) is 5.11 Å². The number of amides is 3. The third-order valence-corrected chi connectivity index (χ3v) is 3.77. The van der Waals surface area contributed by atoms with Crippen LogP contribution in [0.2, 0.25) is 0 Å². The lowest BCUT2D eigenvalue weighted by molar-refractivity contribution is -0.129. The molecule has 0 radical (unpaired) electrons. The molecule has 0 bridgehead atoms. The van der Waals surface area contributed by atoms with Gasteiger partial charge in [-0.2, -0.15) is 0 Å². The van der Waals surface area contributed by atoms with Gasteiger partial charge in [-0.25, -0.2) is 4.79 Å². The van der Waals surface area contributed by atoms with Gasteiger partial charge in [-0.1, -0.05) is 0 Å². The van der Waals surface area contributed by atoms with E-state index in [1.54, 1.807) is 26.0 Å². The number of nitrogens with one attached hydrogen (secondary N) is 1. The van der Waals surface area contributed by atoms with Gasteiger partial charge in [-0.05, 0) is 25.3 Å². The van der Waals surface area contributed by atoms with Crippen molar-refractivity contribution in [3.05, 3.63) is 0 Å². The van der Waals surface area contributed by atoms with Gasteiger partial charge in [0.05, 0.1) is 13.2 Å². The van der Waals surface area contributed by atoms with Gasteiger partial charge in [0, 0.05) is 40.8 Å². The maximum Gasteiger partial charge on any atom is 0.317 e. The molecule has 21 heavy (non-hydrogen) atoms. The van der Waals surface area contributed by atoms with Crippen molar-refractivity contribution >= 4 is 11.9 Å². The van der Waals surface area contributed by atoms with Crippen molar-refractivity contribution in [3.63, 3.8) is 0 Å². The van der Waals surface area contributed by atoms with Crippen molar-refractivity contribution in [3.8, 4) is 0 Å². The Morgan fingerprint density at radius 3 is 2.67 bits per heavy atom. The molecule has 0 aromatic carbocycles. The quantitative estimate of drug-likeness (QED) is 0.688. The summed E-state index contributed by atoms with van der Waals surface area (Å²) >= 11 is 0. The average Bonchev–Trinajstić information content (AvgIpc) is 2.44. The smallest absolute Gasteiger partial charge is 0.317 e. The minimum atomic E-state index is -0.261. The Bertz CT molecular complexity index is 347. The minimum Gasteiger partial charge on any atom is -0.395 e. The molecule has 1 heterocycles. The van der Waals surface area contributed by atoms with Crippen LogP contribution in [0.1, 0.15) is 12.8 Å². The van der Waals surface area contributed by atoms with E-state index in [0.29, 0.717) is 19.0 Å². The van der Waals surface area contributed by atoms with E-state index in [9.17, 15) is 9.59 Å². The van der Waals surface area contributed by atoms with Crippen LogP contribution in [0.3, 0.4) is 0 Å². The Kier molecular flexibility index (Phi) is 7.45. The maximum atomic E-state index is 12.0. The summed E-state index contributed by atoms with van der Waals surface area (Å²) in [5.41, 5.74) is 0. The molecule has 1 aliphatic heterocycles. The number of carbonyl (C=O) groups excluding carboxylic acids is 2. The number of aliphatic hydroxyl groups excluding tert-OH is 1. The Balaban J connectivity index is 2.32. The first kappa shape index (κ1) is 17.7. The molecule has 2 N–H and O–H groups in total. The van der Waals surface area contributed by atoms with Crippen molar-refractivity contribution in [1.82, 2.24) is 20.0 Å². The number of aliphatic hydroxyl groups is 1. The number of piperidine rings is 1. The number of hydrogen-bond acceptors (Lipinski definition) is 4. The van der Waals surface area contributed by atoms with Gasteiger partial charge in [-0.15, -0.1) is 0 Å². The van der Waals surface area contributed by atoms with Crippen LogP contribution in [0.25, 0.3) is 0 Å². The SMILES string of the molecule is CN(C)C(=O)NCC(=O)N(C)CC1CCCN(CCO)C1. The molecule has 1 rings (SSSR count). The maximum absolute atomic E-state index is 12.0. The van der Waals surface area contributed by atoms with Gasteiger partial charge in [0.25, 0.3) is 0 Å². The molecule has 0 aromatic rings. The highest BCUT2D eigenvalue weighted by molar-refractivity contribution is 5.83. The molecule has 0 spiro atoms. The van der Waals surface area contributed by atoms with Crippen molar-refractivity contribution < 1.29 is 14.7 Å². The van der Waals surface area contributed by atoms with Crippen LogP contribution in [0.5, 0.6) is 0 Å². The fourth-order valence-electron chi connectivity index (χ4n) is 2.58. The zero-order chi connectivity index (χ0) is 15.8. The molecule has 7 heteroatoms. The number of urea groups is 1. The van der Waals surface area contributed by atoms with Gasteiger partial charge in [0.15, 0.2) is 0 Å². The summed E-state index contributed by atoms with van der Waals surface area (Å²) in [7, 11) is 5.05. The fraction of sp³-hybridized carbons (Fsp3) is 0.857. The third-order valence-electron chi connectivity index (χ3n) is 3.77. The van der Waals surface area contributed by atoms with E-state index in [1.807, 2.05) is 0 Å². The molecule has 3 amide bonds. The predicted octanol–water partition coefficient (Wildman–Crippen LogP) is -0.580. The van der Waals surface area contributed by atoms with Gasteiger partial charge >= 0.3 is 6.03 Å². The van der Waals surface area contributed by atoms with Crippen LogP contribution in [0.15, 0.2) is 0 Å². The number of likely N-dealkylation sites (N-methyl/N-ethyl adjacent to an activating group) is 1. The molecule has 1 atom stereocenters. The molecule has 1 unspecified atom stereocenters. The topological polar surface area (TPSA) is 76.1 Å². The standard InChI is InChI=1S/C14H28N4O3/c1-16(2)14(21)15-9-13(20)17(3)10-12-5-4-6-18(11-12)7-8-19/h12,19H,4-11H2,1-3H3,(H,15,21). The highest BCUT2D eigenvalue weighted by Crippen LogP contribution is 2.16. The summed E-state index contributed by atoms with van der Waals surface area (Å²) in [5, 5.41) is 11.6. The van der Waals surface area contributed by atoms with Crippen molar-refractivity contribution in [2.75, 3.05) is 60.5 Å². The molecule has 1 saturated heterocycles. The van der Waals surface area contributed by atoms with E-state index in [2.05, 4.69) is 10.2 Å². The summed E-state index contributed by atoms with van der Waals surface area (Å²) in [6.45, 7) is 3.54. The van der Waals surface area contributed by atoms with Crippen LogP contribution in [0.4, 0.5) is 4.79 Å². The second-order valence-electron chi connectivity index (χ2n) is 5.86. The van der Waals surface area contributed by atoms with Gasteiger partial charge < -0.3 is 25.1 Å². The first-order chi connectivity index (χ1) is 9.93. The molecule has 1 fully saturated rings. The Morgan fingerprint density at radius 2 is 2.05 bits per heavy atom. The zero-order valence-corrected chi connectivity index (χ0v) is 13.3. The summed E-state index contributed by atoms with van der Waals surface area (Å²) < 4.78 is 0. The minimum absolute atomic E-state index is 0.0284. The lowest BCUT2D eigenvalue weighted by Gasteiger charge is -2.34. The fourth-order valence-corrected chi connectivity index (χ4v) is 2.58. The normalized spacial score (nSPS) is 19.1. The monoisotopic (exact) mass is 300 g/mol. The van der Waals surface area contributed by atoms with E-state index >= 15 is 0 Å². The van der Waals surface area contributed by atoms with E-state index < -0.39 is 0 Å². The number of β-amino-alcohol motifs (C(OH)–C–C–N with tert-alkyl or cyclic N) is 1. The van der Waals surface area contributed by atoms with Gasteiger partial charge in [0.1, 0.15) is 0 Å². The van der Waals surface area contributed by atoms with Crippen LogP contribution >= 0.6 is 0 Å². The Labute approximate surface area is 126 Å². The molecule has 122 valence electrons. The van der Waals surface area contributed by atoms with Gasteiger partial charge in [0.2, 0.25) is 5.91 Å². The lowest BCUT2D eigenvalue weighted by Crippen LogP contribution is -2.46.